The highest BCUT2D eigenvalue weighted by Crippen LogP contribution is 2.16. The zero-order valence-corrected chi connectivity index (χ0v) is 11.3. The lowest BCUT2D eigenvalue weighted by atomic mass is 10.2. The van der Waals surface area contributed by atoms with Crippen molar-refractivity contribution in [1.29, 1.82) is 0 Å². The van der Waals surface area contributed by atoms with Gasteiger partial charge in [0.05, 0.1) is 5.56 Å². The number of amides is 1. The van der Waals surface area contributed by atoms with Gasteiger partial charge in [-0.05, 0) is 24.3 Å². The smallest absolute Gasteiger partial charge is 0.254 e. The summed E-state index contributed by atoms with van der Waals surface area (Å²) >= 11 is 11.3. The lowest BCUT2D eigenvalue weighted by Crippen LogP contribution is -2.24. The van der Waals surface area contributed by atoms with Crippen LogP contribution in [0.2, 0.25) is 10.3 Å². The maximum atomic E-state index is 13.4. The van der Waals surface area contributed by atoms with Gasteiger partial charge in [-0.15, -0.1) is 10.2 Å². The van der Waals surface area contributed by atoms with Gasteiger partial charge in [0, 0.05) is 12.1 Å². The minimum Gasteiger partial charge on any atom is -0.348 e. The van der Waals surface area contributed by atoms with Crippen molar-refractivity contribution < 1.29 is 13.6 Å². The third-order valence-corrected chi connectivity index (χ3v) is 2.87. The van der Waals surface area contributed by atoms with Crippen molar-refractivity contribution in [3.63, 3.8) is 0 Å². The Morgan fingerprint density at radius 2 is 1.95 bits per heavy atom. The fourth-order valence-electron chi connectivity index (χ4n) is 1.46. The van der Waals surface area contributed by atoms with Crippen molar-refractivity contribution in [3.05, 3.63) is 57.3 Å². The Morgan fingerprint density at radius 1 is 1.20 bits per heavy atom. The lowest BCUT2D eigenvalue weighted by Gasteiger charge is -2.07. The molecular formula is C12H7Cl2F2N3O. The van der Waals surface area contributed by atoms with Gasteiger partial charge >= 0.3 is 0 Å². The van der Waals surface area contributed by atoms with Gasteiger partial charge in [-0.2, -0.15) is 0 Å². The van der Waals surface area contributed by atoms with E-state index < -0.39 is 17.5 Å². The molecule has 0 saturated heterocycles. The third kappa shape index (κ3) is 3.40. The van der Waals surface area contributed by atoms with Crippen LogP contribution < -0.4 is 5.32 Å². The number of halogens is 4. The Labute approximate surface area is 122 Å². The molecule has 0 fully saturated rings. The van der Waals surface area contributed by atoms with Crippen LogP contribution in [-0.2, 0) is 6.54 Å². The van der Waals surface area contributed by atoms with Crippen LogP contribution in [-0.4, -0.2) is 16.1 Å². The molecule has 0 atom stereocenters. The highest BCUT2D eigenvalue weighted by Gasteiger charge is 2.14. The lowest BCUT2D eigenvalue weighted by molar-refractivity contribution is 0.0950. The van der Waals surface area contributed by atoms with E-state index in [0.717, 1.165) is 18.2 Å². The second kappa shape index (κ2) is 6.11. The minimum absolute atomic E-state index is 0.00322. The molecule has 0 aliphatic carbocycles. The zero-order valence-electron chi connectivity index (χ0n) is 9.83. The fourth-order valence-corrected chi connectivity index (χ4v) is 1.79. The van der Waals surface area contributed by atoms with E-state index in [1.807, 2.05) is 0 Å². The van der Waals surface area contributed by atoms with Crippen molar-refractivity contribution in [2.75, 3.05) is 0 Å². The molecule has 1 heterocycles. The summed E-state index contributed by atoms with van der Waals surface area (Å²) in [6.07, 6.45) is 0. The number of rotatable bonds is 3. The van der Waals surface area contributed by atoms with Crippen LogP contribution in [0.5, 0.6) is 0 Å². The Balaban J connectivity index is 2.12. The van der Waals surface area contributed by atoms with Crippen LogP contribution in [0.3, 0.4) is 0 Å². The first kappa shape index (κ1) is 14.6. The summed E-state index contributed by atoms with van der Waals surface area (Å²) in [5.74, 6) is -1.83. The Kier molecular flexibility index (Phi) is 4.46. The number of aromatic nitrogens is 2. The van der Waals surface area contributed by atoms with Crippen LogP contribution in [0.1, 0.15) is 15.9 Å². The molecule has 4 nitrogen and oxygen atoms in total. The number of carbonyl (C=O) groups excluding carboxylic acids is 1. The summed E-state index contributed by atoms with van der Waals surface area (Å²) in [7, 11) is 0. The number of nitrogens with zero attached hydrogens (tertiary/aromatic N) is 2. The van der Waals surface area contributed by atoms with Crippen molar-refractivity contribution >= 4 is 29.1 Å². The van der Waals surface area contributed by atoms with E-state index in [2.05, 4.69) is 15.5 Å². The van der Waals surface area contributed by atoms with Crippen LogP contribution >= 0.6 is 23.2 Å². The highest BCUT2D eigenvalue weighted by molar-refractivity contribution is 6.34. The van der Waals surface area contributed by atoms with Gasteiger partial charge in [-0.3, -0.25) is 4.79 Å². The summed E-state index contributed by atoms with van der Waals surface area (Å²) in [5.41, 5.74) is 0.0195. The molecule has 8 heteroatoms. The monoisotopic (exact) mass is 317 g/mol. The molecule has 1 N–H and O–H groups in total. The van der Waals surface area contributed by atoms with Crippen LogP contribution in [0.15, 0.2) is 24.3 Å². The largest absolute Gasteiger partial charge is 0.348 e. The molecule has 2 rings (SSSR count). The van der Waals surface area contributed by atoms with E-state index >= 15 is 0 Å². The van der Waals surface area contributed by atoms with Gasteiger partial charge < -0.3 is 5.32 Å². The first-order valence-electron chi connectivity index (χ1n) is 5.38. The van der Waals surface area contributed by atoms with E-state index in [1.165, 1.54) is 6.07 Å². The predicted molar refractivity (Wildman–Crippen MR) is 69.6 cm³/mol. The Morgan fingerprint density at radius 3 is 2.70 bits per heavy atom. The van der Waals surface area contributed by atoms with Crippen molar-refractivity contribution in [3.8, 4) is 0 Å². The molecule has 0 radical (unpaired) electrons. The normalized spacial score (nSPS) is 10.4. The van der Waals surface area contributed by atoms with E-state index in [-0.39, 0.29) is 28.0 Å². The molecule has 1 aromatic heterocycles. The molecular weight excluding hydrogens is 311 g/mol. The van der Waals surface area contributed by atoms with Gasteiger partial charge in [0.15, 0.2) is 10.3 Å². The van der Waals surface area contributed by atoms with Crippen molar-refractivity contribution in [2.24, 2.45) is 0 Å². The zero-order chi connectivity index (χ0) is 14.7. The summed E-state index contributed by atoms with van der Waals surface area (Å²) in [5, 5.41) is 9.19. The Bertz CT molecular complexity index is 667. The SMILES string of the molecule is O=C(NCc1cc(F)ccc1F)c1cc(Cl)nnc1Cl. The number of carbonyl (C=O) groups is 1. The Hall–Kier alpha value is -1.79. The van der Waals surface area contributed by atoms with Crippen molar-refractivity contribution in [2.45, 2.75) is 6.54 Å². The van der Waals surface area contributed by atoms with Crippen LogP contribution in [0.25, 0.3) is 0 Å². The molecule has 0 aliphatic heterocycles. The van der Waals surface area contributed by atoms with Gasteiger partial charge in [-0.25, -0.2) is 8.78 Å². The van der Waals surface area contributed by atoms with E-state index in [9.17, 15) is 13.6 Å². The molecule has 1 amide bonds. The molecule has 20 heavy (non-hydrogen) atoms. The molecule has 0 saturated carbocycles. The van der Waals surface area contributed by atoms with Gasteiger partial charge in [-0.1, -0.05) is 23.2 Å². The molecule has 0 aliphatic rings. The number of nitrogens with one attached hydrogen (secondary N) is 1. The maximum Gasteiger partial charge on any atom is 0.254 e. The third-order valence-electron chi connectivity index (χ3n) is 2.41. The first-order valence-corrected chi connectivity index (χ1v) is 6.14. The first-order chi connectivity index (χ1) is 9.47. The second-order valence-corrected chi connectivity index (χ2v) is 4.54. The second-order valence-electron chi connectivity index (χ2n) is 3.79. The molecule has 0 spiro atoms. The van der Waals surface area contributed by atoms with E-state index in [0.29, 0.717) is 0 Å². The van der Waals surface area contributed by atoms with Crippen molar-refractivity contribution in [1.82, 2.24) is 15.5 Å². The number of benzene rings is 1. The van der Waals surface area contributed by atoms with Crippen LogP contribution in [0.4, 0.5) is 8.78 Å². The summed E-state index contributed by atoms with van der Waals surface area (Å²) in [6, 6.07) is 4.20. The van der Waals surface area contributed by atoms with Gasteiger partial charge in [0.1, 0.15) is 11.6 Å². The number of hydrogen-bond acceptors (Lipinski definition) is 3. The number of hydrogen-bond donors (Lipinski definition) is 1. The molecule has 0 unspecified atom stereocenters. The predicted octanol–water partition coefficient (Wildman–Crippen LogP) is 2.99. The average molecular weight is 318 g/mol. The van der Waals surface area contributed by atoms with Gasteiger partial charge in [0.25, 0.3) is 5.91 Å². The summed E-state index contributed by atoms with van der Waals surface area (Å²) in [6.45, 7) is -0.196. The highest BCUT2D eigenvalue weighted by atomic mass is 35.5. The van der Waals surface area contributed by atoms with Crippen LogP contribution in [0, 0.1) is 11.6 Å². The standard InChI is InChI=1S/C12H7Cl2F2N3O/c13-10-4-8(11(14)19-18-10)12(20)17-5-6-3-7(15)1-2-9(6)16/h1-4H,5H2,(H,17,20). The minimum atomic E-state index is -0.622. The quantitative estimate of drug-likeness (QED) is 0.946. The molecule has 0 bridgehead atoms. The summed E-state index contributed by atoms with van der Waals surface area (Å²) in [4.78, 5) is 11.8. The molecule has 2 aromatic rings. The fraction of sp³-hybridized carbons (Fsp3) is 0.0833. The van der Waals surface area contributed by atoms with E-state index in [4.69, 9.17) is 23.2 Å². The summed E-state index contributed by atoms with van der Waals surface area (Å²) < 4.78 is 26.4. The molecule has 1 aromatic carbocycles. The maximum absolute atomic E-state index is 13.4. The van der Waals surface area contributed by atoms with Gasteiger partial charge in [0.2, 0.25) is 0 Å². The van der Waals surface area contributed by atoms with E-state index in [1.54, 1.807) is 0 Å². The average Bonchev–Trinajstić information content (AvgIpc) is 2.42. The topological polar surface area (TPSA) is 54.9 Å². The molecule has 104 valence electrons.